The van der Waals surface area contributed by atoms with Gasteiger partial charge in [-0.3, -0.25) is 0 Å². The molecular formula is C15H20N2O. The monoisotopic (exact) mass is 244 g/mol. The van der Waals surface area contributed by atoms with Crippen molar-refractivity contribution in [1.29, 1.82) is 5.26 Å². The van der Waals surface area contributed by atoms with E-state index in [1.54, 1.807) is 7.11 Å². The van der Waals surface area contributed by atoms with Gasteiger partial charge in [0.2, 0.25) is 0 Å². The molecule has 1 fully saturated rings. The lowest BCUT2D eigenvalue weighted by atomic mass is 10.0. The van der Waals surface area contributed by atoms with Gasteiger partial charge in [0.25, 0.3) is 0 Å². The van der Waals surface area contributed by atoms with Crippen LogP contribution in [0.5, 0.6) is 0 Å². The van der Waals surface area contributed by atoms with Crippen LogP contribution in [0.2, 0.25) is 0 Å². The number of hydrogen-bond acceptors (Lipinski definition) is 3. The minimum absolute atomic E-state index is 0.153. The number of anilines is 1. The van der Waals surface area contributed by atoms with Gasteiger partial charge in [-0.1, -0.05) is 18.2 Å². The maximum atomic E-state index is 9.12. The largest absolute Gasteiger partial charge is 0.384 e. The normalized spacial score (nSPS) is 22.7. The average molecular weight is 244 g/mol. The van der Waals surface area contributed by atoms with E-state index < -0.39 is 0 Å². The van der Waals surface area contributed by atoms with Crippen LogP contribution in [0.15, 0.2) is 24.3 Å². The standard InChI is InChI=1S/C15H20N2O/c1-18-10-9-12-5-2-3-7-14(12)17-15-8-4-6-13(15)11-16/h2-3,5,7,13,15,17H,4,6,8-10H2,1H3. The van der Waals surface area contributed by atoms with E-state index in [-0.39, 0.29) is 5.92 Å². The highest BCUT2D eigenvalue weighted by Crippen LogP contribution is 2.29. The molecule has 0 aliphatic heterocycles. The van der Waals surface area contributed by atoms with E-state index >= 15 is 0 Å². The van der Waals surface area contributed by atoms with Gasteiger partial charge >= 0.3 is 0 Å². The number of nitrogens with zero attached hydrogens (tertiary/aromatic N) is 1. The maximum absolute atomic E-state index is 9.12. The van der Waals surface area contributed by atoms with Crippen LogP contribution in [0.1, 0.15) is 24.8 Å². The van der Waals surface area contributed by atoms with Crippen molar-refractivity contribution >= 4 is 5.69 Å². The van der Waals surface area contributed by atoms with Gasteiger partial charge in [-0.2, -0.15) is 5.26 Å². The van der Waals surface area contributed by atoms with Crippen LogP contribution >= 0.6 is 0 Å². The van der Waals surface area contributed by atoms with Gasteiger partial charge < -0.3 is 10.1 Å². The molecule has 0 spiro atoms. The van der Waals surface area contributed by atoms with E-state index in [0.29, 0.717) is 6.04 Å². The average Bonchev–Trinajstić information content (AvgIpc) is 2.85. The fourth-order valence-electron chi connectivity index (χ4n) is 2.58. The van der Waals surface area contributed by atoms with Crippen molar-refractivity contribution in [2.24, 2.45) is 5.92 Å². The Morgan fingerprint density at radius 3 is 3.00 bits per heavy atom. The highest BCUT2D eigenvalue weighted by atomic mass is 16.5. The molecule has 0 aromatic heterocycles. The number of rotatable bonds is 5. The smallest absolute Gasteiger partial charge is 0.0677 e. The molecule has 2 unspecified atom stereocenters. The molecule has 1 N–H and O–H groups in total. The lowest BCUT2D eigenvalue weighted by Crippen LogP contribution is -2.23. The van der Waals surface area contributed by atoms with E-state index in [2.05, 4.69) is 23.5 Å². The summed E-state index contributed by atoms with van der Waals surface area (Å²) >= 11 is 0. The zero-order chi connectivity index (χ0) is 12.8. The van der Waals surface area contributed by atoms with Crippen molar-refractivity contribution in [3.63, 3.8) is 0 Å². The quantitative estimate of drug-likeness (QED) is 0.866. The predicted molar refractivity (Wildman–Crippen MR) is 72.4 cm³/mol. The summed E-state index contributed by atoms with van der Waals surface area (Å²) in [4.78, 5) is 0. The van der Waals surface area contributed by atoms with Crippen molar-refractivity contribution < 1.29 is 4.74 Å². The molecule has 0 saturated heterocycles. The third-order valence-corrected chi connectivity index (χ3v) is 3.62. The van der Waals surface area contributed by atoms with E-state index in [9.17, 15) is 0 Å². The van der Waals surface area contributed by atoms with Crippen LogP contribution in [-0.4, -0.2) is 19.8 Å². The van der Waals surface area contributed by atoms with Crippen LogP contribution in [0, 0.1) is 17.2 Å². The number of benzene rings is 1. The first-order valence-electron chi connectivity index (χ1n) is 6.58. The van der Waals surface area contributed by atoms with Crippen molar-refractivity contribution in [2.45, 2.75) is 31.7 Å². The summed E-state index contributed by atoms with van der Waals surface area (Å²) in [5, 5.41) is 12.7. The molecule has 1 saturated carbocycles. The van der Waals surface area contributed by atoms with Gasteiger partial charge in [-0.15, -0.1) is 0 Å². The van der Waals surface area contributed by atoms with Crippen LogP contribution in [0.25, 0.3) is 0 Å². The third-order valence-electron chi connectivity index (χ3n) is 3.62. The Bertz CT molecular complexity index is 425. The van der Waals surface area contributed by atoms with Crippen LogP contribution in [-0.2, 0) is 11.2 Å². The molecule has 1 aliphatic rings. The van der Waals surface area contributed by atoms with E-state index in [1.807, 2.05) is 12.1 Å². The molecule has 18 heavy (non-hydrogen) atoms. The lowest BCUT2D eigenvalue weighted by Gasteiger charge is -2.19. The fourth-order valence-corrected chi connectivity index (χ4v) is 2.58. The third kappa shape index (κ3) is 3.02. The molecule has 0 bridgehead atoms. The Labute approximate surface area is 109 Å². The SMILES string of the molecule is COCCc1ccccc1NC1CCCC1C#N. The Morgan fingerprint density at radius 1 is 1.39 bits per heavy atom. The second kappa shape index (κ2) is 6.42. The molecule has 0 heterocycles. The van der Waals surface area contributed by atoms with Crippen molar-refractivity contribution in [1.82, 2.24) is 0 Å². The maximum Gasteiger partial charge on any atom is 0.0677 e. The topological polar surface area (TPSA) is 45.0 Å². The van der Waals surface area contributed by atoms with Crippen molar-refractivity contribution in [2.75, 3.05) is 19.0 Å². The molecule has 1 aromatic rings. The Hall–Kier alpha value is -1.53. The lowest BCUT2D eigenvalue weighted by molar-refractivity contribution is 0.202. The molecule has 1 aliphatic carbocycles. The van der Waals surface area contributed by atoms with Gasteiger partial charge in [0.1, 0.15) is 0 Å². The summed E-state index contributed by atoms with van der Waals surface area (Å²) in [5.74, 6) is 0.153. The summed E-state index contributed by atoms with van der Waals surface area (Å²) in [6.07, 6.45) is 4.17. The number of ether oxygens (including phenoxy) is 1. The Kier molecular flexibility index (Phi) is 4.60. The zero-order valence-electron chi connectivity index (χ0n) is 10.9. The number of nitrogens with one attached hydrogen (secondary N) is 1. The van der Waals surface area contributed by atoms with Crippen LogP contribution < -0.4 is 5.32 Å². The molecule has 0 amide bonds. The highest BCUT2D eigenvalue weighted by Gasteiger charge is 2.27. The second-order valence-electron chi connectivity index (χ2n) is 4.82. The molecular weight excluding hydrogens is 224 g/mol. The Morgan fingerprint density at radius 2 is 2.22 bits per heavy atom. The summed E-state index contributed by atoms with van der Waals surface area (Å²) < 4.78 is 5.13. The van der Waals surface area contributed by atoms with Gasteiger partial charge in [0.15, 0.2) is 0 Å². The van der Waals surface area contributed by atoms with Gasteiger partial charge in [0, 0.05) is 18.8 Å². The van der Waals surface area contributed by atoms with Gasteiger partial charge in [0.05, 0.1) is 18.6 Å². The van der Waals surface area contributed by atoms with E-state index in [4.69, 9.17) is 10.00 Å². The molecule has 2 atom stereocenters. The van der Waals surface area contributed by atoms with Gasteiger partial charge in [-0.25, -0.2) is 0 Å². The molecule has 96 valence electrons. The summed E-state index contributed by atoms with van der Waals surface area (Å²) in [5.41, 5.74) is 2.42. The molecule has 0 radical (unpaired) electrons. The zero-order valence-corrected chi connectivity index (χ0v) is 10.9. The highest BCUT2D eigenvalue weighted by molar-refractivity contribution is 5.52. The van der Waals surface area contributed by atoms with Gasteiger partial charge in [-0.05, 0) is 37.3 Å². The molecule has 3 heteroatoms. The minimum Gasteiger partial charge on any atom is -0.384 e. The summed E-state index contributed by atoms with van der Waals surface area (Å²) in [7, 11) is 1.72. The Balaban J connectivity index is 2.06. The first-order chi connectivity index (χ1) is 8.85. The summed E-state index contributed by atoms with van der Waals surface area (Å²) in [6, 6.07) is 11.0. The van der Waals surface area contributed by atoms with Crippen LogP contribution in [0.4, 0.5) is 5.69 Å². The molecule has 2 rings (SSSR count). The second-order valence-corrected chi connectivity index (χ2v) is 4.82. The van der Waals surface area contributed by atoms with E-state index in [0.717, 1.165) is 38.0 Å². The van der Waals surface area contributed by atoms with E-state index in [1.165, 1.54) is 5.56 Å². The summed E-state index contributed by atoms with van der Waals surface area (Å²) in [6.45, 7) is 0.727. The minimum atomic E-state index is 0.153. The predicted octanol–water partition coefficient (Wildman–Crippen LogP) is 2.98. The fraction of sp³-hybridized carbons (Fsp3) is 0.533. The van der Waals surface area contributed by atoms with Crippen molar-refractivity contribution in [3.05, 3.63) is 29.8 Å². The number of hydrogen-bond donors (Lipinski definition) is 1. The van der Waals surface area contributed by atoms with Crippen LogP contribution in [0.3, 0.4) is 0 Å². The first-order valence-corrected chi connectivity index (χ1v) is 6.58. The number of nitriles is 1. The molecule has 1 aromatic carbocycles. The van der Waals surface area contributed by atoms with Crippen molar-refractivity contribution in [3.8, 4) is 6.07 Å². The number of methoxy groups -OCH3 is 1. The first kappa shape index (κ1) is 12.9. The number of para-hydroxylation sites is 1. The molecule has 3 nitrogen and oxygen atoms in total.